The Bertz CT molecular complexity index is 714. The van der Waals surface area contributed by atoms with Crippen molar-refractivity contribution in [3.8, 4) is 0 Å². The molecule has 4 rings (SSSR count). The predicted molar refractivity (Wildman–Crippen MR) is 107 cm³/mol. The van der Waals surface area contributed by atoms with Gasteiger partial charge in [-0.25, -0.2) is 0 Å². The Hall–Kier alpha value is -1.92. The van der Waals surface area contributed by atoms with E-state index in [1.54, 1.807) is 0 Å². The summed E-state index contributed by atoms with van der Waals surface area (Å²) in [5.74, 6) is 0.302. The summed E-state index contributed by atoms with van der Waals surface area (Å²) in [5, 5.41) is 0. The lowest BCUT2D eigenvalue weighted by atomic mass is 9.85. The molecule has 2 amide bonds. The van der Waals surface area contributed by atoms with Gasteiger partial charge in [0.1, 0.15) is 0 Å². The van der Waals surface area contributed by atoms with Crippen LogP contribution in [0.15, 0.2) is 24.3 Å². The summed E-state index contributed by atoms with van der Waals surface area (Å²) in [6.45, 7) is 9.34. The molecule has 3 fully saturated rings. The van der Waals surface area contributed by atoms with Crippen LogP contribution in [0, 0.1) is 5.41 Å². The van der Waals surface area contributed by atoms with E-state index in [9.17, 15) is 9.59 Å². The molecular formula is C22H31N3O3. The van der Waals surface area contributed by atoms with Crippen LogP contribution in [-0.4, -0.2) is 85.5 Å². The Labute approximate surface area is 167 Å². The van der Waals surface area contributed by atoms with Crippen molar-refractivity contribution in [3.63, 3.8) is 0 Å². The van der Waals surface area contributed by atoms with E-state index in [1.807, 2.05) is 34.1 Å². The van der Waals surface area contributed by atoms with E-state index >= 15 is 0 Å². The molecule has 3 saturated heterocycles. The van der Waals surface area contributed by atoms with Crippen molar-refractivity contribution >= 4 is 11.8 Å². The third-order valence-corrected chi connectivity index (χ3v) is 6.64. The van der Waals surface area contributed by atoms with E-state index in [1.165, 1.54) is 5.56 Å². The molecule has 1 unspecified atom stereocenters. The zero-order valence-electron chi connectivity index (χ0n) is 16.9. The number of hydrogen-bond acceptors (Lipinski definition) is 4. The summed E-state index contributed by atoms with van der Waals surface area (Å²) in [6, 6.07) is 7.87. The zero-order valence-corrected chi connectivity index (χ0v) is 16.9. The molecule has 6 nitrogen and oxygen atoms in total. The number of rotatable bonds is 5. The molecule has 28 heavy (non-hydrogen) atoms. The van der Waals surface area contributed by atoms with Gasteiger partial charge in [0.05, 0.1) is 18.6 Å². The van der Waals surface area contributed by atoms with Gasteiger partial charge in [-0.2, -0.15) is 0 Å². The summed E-state index contributed by atoms with van der Waals surface area (Å²) >= 11 is 0. The Morgan fingerprint density at radius 2 is 1.75 bits per heavy atom. The average molecular weight is 386 g/mol. The van der Waals surface area contributed by atoms with E-state index in [4.69, 9.17) is 4.74 Å². The third kappa shape index (κ3) is 3.80. The number of aryl methyl sites for hydroxylation is 1. The van der Waals surface area contributed by atoms with Crippen LogP contribution >= 0.6 is 0 Å². The second-order valence-electron chi connectivity index (χ2n) is 8.30. The molecule has 0 aromatic heterocycles. The summed E-state index contributed by atoms with van der Waals surface area (Å²) in [7, 11) is 0. The van der Waals surface area contributed by atoms with E-state index in [0.29, 0.717) is 13.1 Å². The molecule has 3 aliphatic rings. The van der Waals surface area contributed by atoms with Crippen molar-refractivity contribution in [2.75, 3.05) is 59.0 Å². The van der Waals surface area contributed by atoms with Crippen molar-refractivity contribution in [2.24, 2.45) is 5.41 Å². The molecule has 152 valence electrons. The fraction of sp³-hybridized carbons (Fsp3) is 0.636. The van der Waals surface area contributed by atoms with Crippen molar-refractivity contribution < 1.29 is 14.3 Å². The third-order valence-electron chi connectivity index (χ3n) is 6.64. The normalized spacial score (nSPS) is 25.8. The van der Waals surface area contributed by atoms with Gasteiger partial charge in [-0.3, -0.25) is 14.5 Å². The second kappa shape index (κ2) is 8.21. The summed E-state index contributed by atoms with van der Waals surface area (Å²) in [5.41, 5.74) is 1.60. The largest absolute Gasteiger partial charge is 0.379 e. The molecule has 0 radical (unpaired) electrons. The molecule has 0 aliphatic carbocycles. The molecular weight excluding hydrogens is 354 g/mol. The first-order chi connectivity index (χ1) is 13.6. The van der Waals surface area contributed by atoms with E-state index < -0.39 is 0 Å². The van der Waals surface area contributed by atoms with Crippen LogP contribution in [-0.2, 0) is 16.0 Å². The first-order valence-electron chi connectivity index (χ1n) is 10.6. The highest BCUT2D eigenvalue weighted by Gasteiger charge is 2.51. The maximum atomic E-state index is 13.1. The maximum Gasteiger partial charge on any atom is 0.253 e. The number of likely N-dealkylation sites (tertiary alicyclic amines) is 2. The predicted octanol–water partition coefficient (Wildman–Crippen LogP) is 1.65. The Morgan fingerprint density at radius 1 is 1.04 bits per heavy atom. The number of carbonyl (C=O) groups is 2. The SMILES string of the molecule is CCc1ccc(C(=O)N2CCC3(CCN(CCN4CCOCC4)C3=O)C2)cc1. The first-order valence-corrected chi connectivity index (χ1v) is 10.6. The second-order valence-corrected chi connectivity index (χ2v) is 8.30. The van der Waals surface area contributed by atoms with Crippen LogP contribution in [0.25, 0.3) is 0 Å². The van der Waals surface area contributed by atoms with E-state index in [2.05, 4.69) is 11.8 Å². The monoisotopic (exact) mass is 385 g/mol. The van der Waals surface area contributed by atoms with Crippen LogP contribution in [0.5, 0.6) is 0 Å². The van der Waals surface area contributed by atoms with Gasteiger partial charge in [0.2, 0.25) is 5.91 Å². The zero-order chi connectivity index (χ0) is 19.6. The van der Waals surface area contributed by atoms with Crippen LogP contribution in [0.3, 0.4) is 0 Å². The summed E-state index contributed by atoms with van der Waals surface area (Å²) in [4.78, 5) is 32.3. The number of benzene rings is 1. The Morgan fingerprint density at radius 3 is 2.46 bits per heavy atom. The highest BCUT2D eigenvalue weighted by molar-refractivity contribution is 5.95. The maximum absolute atomic E-state index is 13.1. The molecule has 0 saturated carbocycles. The minimum absolute atomic E-state index is 0.0547. The molecule has 1 aromatic carbocycles. The van der Waals surface area contributed by atoms with Crippen molar-refractivity contribution in [3.05, 3.63) is 35.4 Å². The number of ether oxygens (including phenoxy) is 1. The lowest BCUT2D eigenvalue weighted by Gasteiger charge is -2.29. The van der Waals surface area contributed by atoms with Gasteiger partial charge < -0.3 is 14.5 Å². The van der Waals surface area contributed by atoms with E-state index in [0.717, 1.165) is 70.8 Å². The molecule has 0 bridgehead atoms. The van der Waals surface area contributed by atoms with Gasteiger partial charge in [-0.1, -0.05) is 19.1 Å². The van der Waals surface area contributed by atoms with Crippen LogP contribution in [0.4, 0.5) is 0 Å². The molecule has 0 N–H and O–H groups in total. The van der Waals surface area contributed by atoms with Crippen molar-refractivity contribution in [1.82, 2.24) is 14.7 Å². The fourth-order valence-electron chi connectivity index (χ4n) is 4.68. The van der Waals surface area contributed by atoms with Gasteiger partial charge in [0.25, 0.3) is 5.91 Å². The van der Waals surface area contributed by atoms with E-state index in [-0.39, 0.29) is 17.2 Å². The van der Waals surface area contributed by atoms with Crippen molar-refractivity contribution in [1.29, 1.82) is 0 Å². The van der Waals surface area contributed by atoms with Crippen LogP contribution < -0.4 is 0 Å². The van der Waals surface area contributed by atoms with Gasteiger partial charge in [-0.05, 0) is 37.0 Å². The lowest BCUT2D eigenvalue weighted by molar-refractivity contribution is -0.135. The molecule has 1 spiro atoms. The molecule has 3 heterocycles. The smallest absolute Gasteiger partial charge is 0.253 e. The first kappa shape index (κ1) is 19.4. The van der Waals surface area contributed by atoms with Gasteiger partial charge in [0, 0.05) is 51.4 Å². The fourth-order valence-corrected chi connectivity index (χ4v) is 4.68. The highest BCUT2D eigenvalue weighted by Crippen LogP contribution is 2.41. The quantitative estimate of drug-likeness (QED) is 0.773. The Balaban J connectivity index is 1.34. The Kier molecular flexibility index (Phi) is 5.69. The van der Waals surface area contributed by atoms with Gasteiger partial charge in [-0.15, -0.1) is 0 Å². The highest BCUT2D eigenvalue weighted by atomic mass is 16.5. The standard InChI is InChI=1S/C22H31N3O3/c1-2-18-3-5-19(6-4-18)20(26)25-10-8-22(17-25)7-9-24(21(22)27)12-11-23-13-15-28-16-14-23/h3-6H,2,7-17H2,1H3. The minimum atomic E-state index is -0.357. The summed E-state index contributed by atoms with van der Waals surface area (Å²) < 4.78 is 5.39. The minimum Gasteiger partial charge on any atom is -0.379 e. The molecule has 1 atom stereocenters. The summed E-state index contributed by atoms with van der Waals surface area (Å²) in [6.07, 6.45) is 2.63. The van der Waals surface area contributed by atoms with Gasteiger partial charge in [0.15, 0.2) is 0 Å². The molecule has 3 aliphatic heterocycles. The number of morpholine rings is 1. The molecule has 6 heteroatoms. The number of hydrogen-bond donors (Lipinski definition) is 0. The van der Waals surface area contributed by atoms with Crippen LogP contribution in [0.1, 0.15) is 35.7 Å². The number of carbonyl (C=O) groups excluding carboxylic acids is 2. The molecule has 1 aromatic rings. The number of amides is 2. The topological polar surface area (TPSA) is 53.1 Å². The van der Waals surface area contributed by atoms with Crippen molar-refractivity contribution in [2.45, 2.75) is 26.2 Å². The lowest BCUT2D eigenvalue weighted by Crippen LogP contribution is -2.43. The van der Waals surface area contributed by atoms with Crippen LogP contribution in [0.2, 0.25) is 0 Å². The average Bonchev–Trinajstić information content (AvgIpc) is 3.32. The van der Waals surface area contributed by atoms with Gasteiger partial charge >= 0.3 is 0 Å². The number of nitrogens with zero attached hydrogens (tertiary/aromatic N) is 3.